The standard InChI is InChI=1S/C13H20N2O3/c1-3-13(2,10-16)14-11(17)7-9-15-8-5-4-6-12(15)18/h4-6,8,16H,3,7,9-10H2,1-2H3,(H,14,17). The molecular weight excluding hydrogens is 232 g/mol. The van der Waals surface area contributed by atoms with E-state index >= 15 is 0 Å². The first kappa shape index (κ1) is 14.4. The smallest absolute Gasteiger partial charge is 0.250 e. The maximum atomic E-state index is 11.7. The van der Waals surface area contributed by atoms with Gasteiger partial charge in [0.05, 0.1) is 12.1 Å². The van der Waals surface area contributed by atoms with Gasteiger partial charge in [0.25, 0.3) is 5.56 Å². The average Bonchev–Trinajstić information content (AvgIpc) is 2.37. The molecule has 1 unspecified atom stereocenters. The van der Waals surface area contributed by atoms with Crippen LogP contribution in [0.2, 0.25) is 0 Å². The molecule has 0 aliphatic carbocycles. The number of nitrogens with one attached hydrogen (secondary N) is 1. The molecule has 0 saturated carbocycles. The molecule has 1 atom stereocenters. The lowest BCUT2D eigenvalue weighted by molar-refractivity contribution is -0.123. The maximum absolute atomic E-state index is 11.7. The van der Waals surface area contributed by atoms with Crippen molar-refractivity contribution in [2.75, 3.05) is 6.61 Å². The summed E-state index contributed by atoms with van der Waals surface area (Å²) < 4.78 is 1.49. The van der Waals surface area contributed by atoms with Gasteiger partial charge in [-0.05, 0) is 19.4 Å². The minimum Gasteiger partial charge on any atom is -0.394 e. The minimum atomic E-state index is -0.585. The molecule has 18 heavy (non-hydrogen) atoms. The van der Waals surface area contributed by atoms with E-state index in [1.807, 2.05) is 6.92 Å². The number of aryl methyl sites for hydroxylation is 1. The Labute approximate surface area is 106 Å². The van der Waals surface area contributed by atoms with E-state index in [2.05, 4.69) is 5.32 Å². The topological polar surface area (TPSA) is 71.3 Å². The van der Waals surface area contributed by atoms with Crippen molar-refractivity contribution in [2.24, 2.45) is 0 Å². The molecule has 1 aromatic rings. The van der Waals surface area contributed by atoms with Gasteiger partial charge in [0.15, 0.2) is 0 Å². The predicted molar refractivity (Wildman–Crippen MR) is 69.2 cm³/mol. The Morgan fingerprint density at radius 3 is 2.78 bits per heavy atom. The highest BCUT2D eigenvalue weighted by Crippen LogP contribution is 2.07. The molecule has 1 amide bonds. The summed E-state index contributed by atoms with van der Waals surface area (Å²) in [5.41, 5.74) is -0.704. The number of amides is 1. The van der Waals surface area contributed by atoms with Crippen molar-refractivity contribution in [3.8, 4) is 0 Å². The Morgan fingerprint density at radius 1 is 1.50 bits per heavy atom. The van der Waals surface area contributed by atoms with Gasteiger partial charge in [-0.2, -0.15) is 0 Å². The number of pyridine rings is 1. The van der Waals surface area contributed by atoms with Crippen LogP contribution in [0.4, 0.5) is 0 Å². The lowest BCUT2D eigenvalue weighted by Gasteiger charge is -2.27. The minimum absolute atomic E-state index is 0.0967. The summed E-state index contributed by atoms with van der Waals surface area (Å²) in [6.07, 6.45) is 2.53. The van der Waals surface area contributed by atoms with Crippen molar-refractivity contribution in [1.29, 1.82) is 0 Å². The second-order valence-corrected chi connectivity index (χ2v) is 4.60. The number of hydrogen-bond donors (Lipinski definition) is 2. The van der Waals surface area contributed by atoms with Crippen LogP contribution in [0.15, 0.2) is 29.2 Å². The van der Waals surface area contributed by atoms with Crippen LogP contribution in [0.5, 0.6) is 0 Å². The number of hydrogen-bond acceptors (Lipinski definition) is 3. The molecular formula is C13H20N2O3. The summed E-state index contributed by atoms with van der Waals surface area (Å²) in [5.74, 6) is -0.163. The highest BCUT2D eigenvalue weighted by molar-refractivity contribution is 5.76. The van der Waals surface area contributed by atoms with Crippen LogP contribution in [0.1, 0.15) is 26.7 Å². The van der Waals surface area contributed by atoms with E-state index in [1.54, 1.807) is 25.3 Å². The van der Waals surface area contributed by atoms with Crippen molar-refractivity contribution >= 4 is 5.91 Å². The quantitative estimate of drug-likeness (QED) is 0.775. The molecule has 0 aliphatic rings. The van der Waals surface area contributed by atoms with E-state index in [-0.39, 0.29) is 24.5 Å². The molecule has 2 N–H and O–H groups in total. The van der Waals surface area contributed by atoms with E-state index in [4.69, 9.17) is 0 Å². The van der Waals surface area contributed by atoms with Crippen molar-refractivity contribution in [1.82, 2.24) is 9.88 Å². The Bertz CT molecular complexity index is 450. The van der Waals surface area contributed by atoms with E-state index in [0.29, 0.717) is 13.0 Å². The van der Waals surface area contributed by atoms with Crippen LogP contribution >= 0.6 is 0 Å². The summed E-state index contributed by atoms with van der Waals surface area (Å²) in [4.78, 5) is 23.1. The molecule has 1 heterocycles. The molecule has 0 bridgehead atoms. The molecule has 1 aromatic heterocycles. The normalized spacial score (nSPS) is 13.9. The van der Waals surface area contributed by atoms with Crippen molar-refractivity contribution < 1.29 is 9.90 Å². The number of nitrogens with zero attached hydrogens (tertiary/aromatic N) is 1. The molecule has 0 aliphatic heterocycles. The number of aliphatic hydroxyl groups excluding tert-OH is 1. The van der Waals surface area contributed by atoms with E-state index in [1.165, 1.54) is 10.6 Å². The Balaban J connectivity index is 2.52. The van der Waals surface area contributed by atoms with Gasteiger partial charge in [-0.15, -0.1) is 0 Å². The average molecular weight is 252 g/mol. The number of aromatic nitrogens is 1. The molecule has 0 spiro atoms. The summed E-state index contributed by atoms with van der Waals surface area (Å²) in [6, 6.07) is 4.88. The summed E-state index contributed by atoms with van der Waals surface area (Å²) in [7, 11) is 0. The number of carbonyl (C=O) groups excluding carboxylic acids is 1. The summed E-state index contributed by atoms with van der Waals surface area (Å²) in [5, 5.41) is 12.0. The highest BCUT2D eigenvalue weighted by atomic mass is 16.3. The first-order valence-electron chi connectivity index (χ1n) is 6.08. The third kappa shape index (κ3) is 4.00. The maximum Gasteiger partial charge on any atom is 0.250 e. The van der Waals surface area contributed by atoms with Crippen LogP contribution in [-0.2, 0) is 11.3 Å². The number of carbonyl (C=O) groups is 1. The summed E-state index contributed by atoms with van der Waals surface area (Å²) >= 11 is 0. The molecule has 0 radical (unpaired) electrons. The van der Waals surface area contributed by atoms with Crippen LogP contribution in [0.3, 0.4) is 0 Å². The lowest BCUT2D eigenvalue weighted by Crippen LogP contribution is -2.48. The molecule has 0 aromatic carbocycles. The van der Waals surface area contributed by atoms with E-state index in [9.17, 15) is 14.7 Å². The third-order valence-corrected chi connectivity index (χ3v) is 3.05. The fourth-order valence-corrected chi connectivity index (χ4v) is 1.51. The zero-order chi connectivity index (χ0) is 13.6. The van der Waals surface area contributed by atoms with E-state index in [0.717, 1.165) is 0 Å². The van der Waals surface area contributed by atoms with Gasteiger partial charge in [-0.1, -0.05) is 13.0 Å². The summed E-state index contributed by atoms with van der Waals surface area (Å²) in [6.45, 7) is 3.94. The first-order chi connectivity index (χ1) is 8.50. The Kier molecular flexibility index (Phi) is 5.09. The largest absolute Gasteiger partial charge is 0.394 e. The zero-order valence-electron chi connectivity index (χ0n) is 10.8. The second-order valence-electron chi connectivity index (χ2n) is 4.60. The molecule has 5 nitrogen and oxygen atoms in total. The van der Waals surface area contributed by atoms with Crippen LogP contribution in [0.25, 0.3) is 0 Å². The highest BCUT2D eigenvalue weighted by Gasteiger charge is 2.22. The fourth-order valence-electron chi connectivity index (χ4n) is 1.51. The SMILES string of the molecule is CCC(C)(CO)NC(=O)CCn1ccccc1=O. The number of rotatable bonds is 6. The van der Waals surface area contributed by atoms with Gasteiger partial charge in [0.2, 0.25) is 5.91 Å². The third-order valence-electron chi connectivity index (χ3n) is 3.05. The van der Waals surface area contributed by atoms with Crippen molar-refractivity contribution in [3.05, 3.63) is 34.7 Å². The van der Waals surface area contributed by atoms with Crippen molar-refractivity contribution in [3.63, 3.8) is 0 Å². The lowest BCUT2D eigenvalue weighted by atomic mass is 10.0. The Morgan fingerprint density at radius 2 is 2.22 bits per heavy atom. The molecule has 100 valence electrons. The van der Waals surface area contributed by atoms with Gasteiger partial charge in [-0.25, -0.2) is 0 Å². The van der Waals surface area contributed by atoms with Gasteiger partial charge in [0, 0.05) is 25.2 Å². The van der Waals surface area contributed by atoms with Gasteiger partial charge >= 0.3 is 0 Å². The molecule has 5 heteroatoms. The first-order valence-corrected chi connectivity index (χ1v) is 6.08. The van der Waals surface area contributed by atoms with E-state index < -0.39 is 5.54 Å². The van der Waals surface area contributed by atoms with Gasteiger partial charge in [-0.3, -0.25) is 9.59 Å². The molecule has 1 rings (SSSR count). The van der Waals surface area contributed by atoms with Crippen LogP contribution in [-0.4, -0.2) is 27.7 Å². The zero-order valence-corrected chi connectivity index (χ0v) is 10.8. The monoisotopic (exact) mass is 252 g/mol. The second kappa shape index (κ2) is 6.35. The van der Waals surface area contributed by atoms with Crippen LogP contribution < -0.4 is 10.9 Å². The fraction of sp³-hybridized carbons (Fsp3) is 0.538. The predicted octanol–water partition coefficient (Wildman–Crippen LogP) is 0.516. The van der Waals surface area contributed by atoms with Crippen molar-refractivity contribution in [2.45, 2.75) is 38.8 Å². The number of aliphatic hydroxyl groups is 1. The molecule has 0 fully saturated rings. The molecule has 0 saturated heterocycles. The van der Waals surface area contributed by atoms with Gasteiger partial charge in [0.1, 0.15) is 0 Å². The van der Waals surface area contributed by atoms with Crippen LogP contribution in [0, 0.1) is 0 Å². The Hall–Kier alpha value is -1.62. The van der Waals surface area contributed by atoms with Gasteiger partial charge < -0.3 is 15.0 Å².